The van der Waals surface area contributed by atoms with E-state index in [1.807, 2.05) is 0 Å². The Morgan fingerprint density at radius 2 is 2.39 bits per heavy atom. The summed E-state index contributed by atoms with van der Waals surface area (Å²) in [4.78, 5) is 15.0. The third-order valence-corrected chi connectivity index (χ3v) is 3.72. The predicted octanol–water partition coefficient (Wildman–Crippen LogP) is 3.63. The highest BCUT2D eigenvalue weighted by atomic mass is 35.5. The zero-order valence-electron chi connectivity index (χ0n) is 9.51. The van der Waals surface area contributed by atoms with Crippen molar-refractivity contribution in [3.05, 3.63) is 46.5 Å². The number of carboxylic acids is 1. The minimum absolute atomic E-state index is 0.192. The first-order valence-corrected chi connectivity index (χ1v) is 6.50. The van der Waals surface area contributed by atoms with Crippen LogP contribution in [-0.2, 0) is 5.75 Å². The molecule has 0 saturated carbocycles. The summed E-state index contributed by atoms with van der Waals surface area (Å²) in [5.74, 6) is 0.510. The highest BCUT2D eigenvalue weighted by molar-refractivity contribution is 7.98. The topological polar surface area (TPSA) is 63.3 Å². The molecule has 2 aromatic rings. The fraction of sp³-hybridized carbons (Fsp3) is 0.167. The van der Waals surface area contributed by atoms with Gasteiger partial charge in [-0.15, -0.1) is 0 Å². The Morgan fingerprint density at radius 3 is 3.00 bits per heavy atom. The third kappa shape index (κ3) is 2.86. The summed E-state index contributed by atoms with van der Waals surface area (Å²) in [6, 6.07) is 5.04. The number of thioether (sulfide) groups is 1. The van der Waals surface area contributed by atoms with Crippen LogP contribution in [0.2, 0.25) is 5.02 Å². The highest BCUT2D eigenvalue weighted by Crippen LogP contribution is 2.28. The van der Waals surface area contributed by atoms with E-state index in [9.17, 15) is 4.79 Å². The van der Waals surface area contributed by atoms with Gasteiger partial charge in [0.25, 0.3) is 0 Å². The largest absolute Gasteiger partial charge is 0.478 e. The van der Waals surface area contributed by atoms with E-state index in [0.29, 0.717) is 27.3 Å². The van der Waals surface area contributed by atoms with E-state index >= 15 is 0 Å². The van der Waals surface area contributed by atoms with E-state index in [1.54, 1.807) is 25.3 Å². The number of carbonyl (C=O) groups is 1. The molecule has 0 amide bonds. The standard InChI is InChI=1S/C12H10ClNO3S/c1-7-9(12(15)16)5-8(17-7)6-18-11-10(13)3-2-4-14-11/h2-5H,6H2,1H3,(H,15,16). The Hall–Kier alpha value is -1.46. The molecule has 0 aliphatic carbocycles. The summed E-state index contributed by atoms with van der Waals surface area (Å²) >= 11 is 7.37. The van der Waals surface area contributed by atoms with Crippen molar-refractivity contribution in [3.63, 3.8) is 0 Å². The molecular formula is C12H10ClNO3S. The molecule has 2 rings (SSSR count). The van der Waals surface area contributed by atoms with E-state index in [0.717, 1.165) is 0 Å². The van der Waals surface area contributed by atoms with Crippen LogP contribution in [0.15, 0.2) is 33.8 Å². The van der Waals surface area contributed by atoms with Crippen molar-refractivity contribution in [2.45, 2.75) is 17.7 Å². The molecule has 2 heterocycles. The van der Waals surface area contributed by atoms with Gasteiger partial charge in [-0.2, -0.15) is 0 Å². The molecule has 0 radical (unpaired) electrons. The molecule has 94 valence electrons. The molecule has 0 aliphatic heterocycles. The van der Waals surface area contributed by atoms with E-state index in [2.05, 4.69) is 4.98 Å². The molecule has 1 N–H and O–H groups in total. The van der Waals surface area contributed by atoms with Gasteiger partial charge in [0.2, 0.25) is 0 Å². The molecule has 0 spiro atoms. The first-order chi connectivity index (χ1) is 8.58. The van der Waals surface area contributed by atoms with Crippen molar-refractivity contribution >= 4 is 29.3 Å². The second-order valence-corrected chi connectivity index (χ2v) is 4.94. The minimum atomic E-state index is -0.983. The Labute approximate surface area is 113 Å². The number of aryl methyl sites for hydroxylation is 1. The quantitative estimate of drug-likeness (QED) is 0.868. The van der Waals surface area contributed by atoms with Crippen molar-refractivity contribution in [1.82, 2.24) is 4.98 Å². The number of halogens is 1. The summed E-state index contributed by atoms with van der Waals surface area (Å²) in [5.41, 5.74) is 0.192. The fourth-order valence-corrected chi connectivity index (χ4v) is 2.49. The van der Waals surface area contributed by atoms with E-state index < -0.39 is 5.97 Å². The molecule has 0 fully saturated rings. The average molecular weight is 284 g/mol. The molecule has 4 nitrogen and oxygen atoms in total. The van der Waals surface area contributed by atoms with Gasteiger partial charge in [-0.05, 0) is 25.1 Å². The maximum atomic E-state index is 10.9. The van der Waals surface area contributed by atoms with Gasteiger partial charge >= 0.3 is 5.97 Å². The Morgan fingerprint density at radius 1 is 1.61 bits per heavy atom. The Kier molecular flexibility index (Phi) is 3.93. The van der Waals surface area contributed by atoms with E-state index in [-0.39, 0.29) is 5.56 Å². The number of hydrogen-bond donors (Lipinski definition) is 1. The summed E-state index contributed by atoms with van der Waals surface area (Å²) in [5, 5.41) is 10.2. The maximum absolute atomic E-state index is 10.9. The third-order valence-electron chi connectivity index (χ3n) is 2.28. The molecule has 0 atom stereocenters. The van der Waals surface area contributed by atoms with Gasteiger partial charge in [0.1, 0.15) is 22.1 Å². The molecule has 18 heavy (non-hydrogen) atoms. The number of pyridine rings is 1. The van der Waals surface area contributed by atoms with Crippen LogP contribution in [0.5, 0.6) is 0 Å². The summed E-state index contributed by atoms with van der Waals surface area (Å²) in [7, 11) is 0. The number of nitrogens with zero attached hydrogens (tertiary/aromatic N) is 1. The lowest BCUT2D eigenvalue weighted by Gasteiger charge is -2.00. The predicted molar refractivity (Wildman–Crippen MR) is 69.2 cm³/mol. The Balaban J connectivity index is 2.09. The minimum Gasteiger partial charge on any atom is -0.478 e. The van der Waals surface area contributed by atoms with Crippen LogP contribution >= 0.6 is 23.4 Å². The van der Waals surface area contributed by atoms with Crippen molar-refractivity contribution in [2.24, 2.45) is 0 Å². The highest BCUT2D eigenvalue weighted by Gasteiger charge is 2.14. The van der Waals surface area contributed by atoms with E-state index in [4.69, 9.17) is 21.1 Å². The van der Waals surface area contributed by atoms with Crippen molar-refractivity contribution in [2.75, 3.05) is 0 Å². The van der Waals surface area contributed by atoms with Gasteiger partial charge < -0.3 is 9.52 Å². The van der Waals surface area contributed by atoms with Gasteiger partial charge in [0, 0.05) is 6.20 Å². The number of aromatic nitrogens is 1. The molecule has 2 aromatic heterocycles. The first-order valence-electron chi connectivity index (χ1n) is 5.14. The van der Waals surface area contributed by atoms with Crippen molar-refractivity contribution in [3.8, 4) is 0 Å². The lowest BCUT2D eigenvalue weighted by Crippen LogP contribution is -1.94. The monoisotopic (exact) mass is 283 g/mol. The second-order valence-electron chi connectivity index (χ2n) is 3.57. The average Bonchev–Trinajstić information content (AvgIpc) is 2.70. The van der Waals surface area contributed by atoms with Gasteiger partial charge in [0.15, 0.2) is 0 Å². The van der Waals surface area contributed by atoms with Gasteiger partial charge in [-0.25, -0.2) is 9.78 Å². The van der Waals surface area contributed by atoms with Crippen molar-refractivity contribution < 1.29 is 14.3 Å². The van der Waals surface area contributed by atoms with Crippen LogP contribution in [-0.4, -0.2) is 16.1 Å². The van der Waals surface area contributed by atoms with Crippen LogP contribution in [0, 0.1) is 6.92 Å². The molecular weight excluding hydrogens is 274 g/mol. The molecule has 0 bridgehead atoms. The number of furan rings is 1. The van der Waals surface area contributed by atoms with Crippen LogP contribution in [0.25, 0.3) is 0 Å². The van der Waals surface area contributed by atoms with Gasteiger partial charge in [-0.1, -0.05) is 23.4 Å². The molecule has 6 heteroatoms. The number of aromatic carboxylic acids is 1. The lowest BCUT2D eigenvalue weighted by molar-refractivity contribution is 0.0695. The lowest BCUT2D eigenvalue weighted by atomic mass is 10.2. The van der Waals surface area contributed by atoms with Crippen LogP contribution in [0.3, 0.4) is 0 Å². The van der Waals surface area contributed by atoms with Crippen LogP contribution < -0.4 is 0 Å². The fourth-order valence-electron chi connectivity index (χ4n) is 1.44. The number of hydrogen-bond acceptors (Lipinski definition) is 4. The van der Waals surface area contributed by atoms with Crippen LogP contribution in [0.4, 0.5) is 0 Å². The van der Waals surface area contributed by atoms with Gasteiger partial charge in [0.05, 0.1) is 10.8 Å². The maximum Gasteiger partial charge on any atom is 0.339 e. The zero-order chi connectivity index (χ0) is 13.1. The summed E-state index contributed by atoms with van der Waals surface area (Å²) in [6.07, 6.45) is 1.66. The van der Waals surface area contributed by atoms with E-state index in [1.165, 1.54) is 17.8 Å². The molecule has 0 aliphatic rings. The second kappa shape index (κ2) is 5.46. The first kappa shape index (κ1) is 13.0. The summed E-state index contributed by atoms with van der Waals surface area (Å²) < 4.78 is 5.37. The van der Waals surface area contributed by atoms with Gasteiger partial charge in [-0.3, -0.25) is 0 Å². The molecule has 0 unspecified atom stereocenters. The normalized spacial score (nSPS) is 10.6. The number of carboxylic acid groups (broad SMARTS) is 1. The Bertz CT molecular complexity index is 582. The molecule has 0 saturated heterocycles. The zero-order valence-corrected chi connectivity index (χ0v) is 11.1. The smallest absolute Gasteiger partial charge is 0.339 e. The molecule has 0 aromatic carbocycles. The van der Waals surface area contributed by atoms with Crippen LogP contribution in [0.1, 0.15) is 21.9 Å². The summed E-state index contributed by atoms with van der Waals surface area (Å²) in [6.45, 7) is 1.63. The number of rotatable bonds is 4. The SMILES string of the molecule is Cc1oc(CSc2ncccc2Cl)cc1C(=O)O. The van der Waals surface area contributed by atoms with Crippen molar-refractivity contribution in [1.29, 1.82) is 0 Å².